The molecule has 80 valence electrons. The molecule has 0 aliphatic heterocycles. The van der Waals surface area contributed by atoms with E-state index >= 15 is 0 Å². The monoisotopic (exact) mass is 202 g/mol. The van der Waals surface area contributed by atoms with Gasteiger partial charge in [-0.25, -0.2) is 0 Å². The van der Waals surface area contributed by atoms with Crippen LogP contribution in [0.3, 0.4) is 0 Å². The van der Waals surface area contributed by atoms with E-state index in [9.17, 15) is 5.11 Å². The average molecular weight is 202 g/mol. The van der Waals surface area contributed by atoms with Crippen molar-refractivity contribution in [1.82, 2.24) is 0 Å². The summed E-state index contributed by atoms with van der Waals surface area (Å²) in [6.07, 6.45) is 2.11. The van der Waals surface area contributed by atoms with Crippen molar-refractivity contribution in [2.45, 2.75) is 32.6 Å². The predicted octanol–water partition coefficient (Wildman–Crippen LogP) is 3.35. The standard InChI is InChI=1S/C14H18O/c1-3-10-11(4-2)14(9-15)13-8-6-5-7-12(10)13/h5-8,14-15H,3-4,9H2,1-2H3. The lowest BCUT2D eigenvalue weighted by molar-refractivity contribution is 0.279. The normalized spacial score (nSPS) is 19.5. The fourth-order valence-electron chi connectivity index (χ4n) is 2.73. The van der Waals surface area contributed by atoms with Gasteiger partial charge in [0.05, 0.1) is 6.61 Å². The highest BCUT2D eigenvalue weighted by atomic mass is 16.3. The van der Waals surface area contributed by atoms with Crippen LogP contribution in [0.1, 0.15) is 43.7 Å². The van der Waals surface area contributed by atoms with Gasteiger partial charge in [0.2, 0.25) is 0 Å². The van der Waals surface area contributed by atoms with Gasteiger partial charge in [-0.15, -0.1) is 0 Å². The maximum absolute atomic E-state index is 9.49. The van der Waals surface area contributed by atoms with Crippen molar-refractivity contribution in [3.05, 3.63) is 41.0 Å². The number of aliphatic hydroxyl groups excluding tert-OH is 1. The molecule has 1 unspecified atom stereocenters. The van der Waals surface area contributed by atoms with E-state index in [0.29, 0.717) is 0 Å². The average Bonchev–Trinajstić information content (AvgIpc) is 2.61. The molecular formula is C14H18O. The van der Waals surface area contributed by atoms with Gasteiger partial charge in [0.1, 0.15) is 0 Å². The second-order valence-corrected chi connectivity index (χ2v) is 4.03. The summed E-state index contributed by atoms with van der Waals surface area (Å²) in [6.45, 7) is 4.62. The van der Waals surface area contributed by atoms with Crippen molar-refractivity contribution < 1.29 is 5.11 Å². The van der Waals surface area contributed by atoms with E-state index in [4.69, 9.17) is 0 Å². The molecule has 1 atom stereocenters. The van der Waals surface area contributed by atoms with Gasteiger partial charge in [0.25, 0.3) is 0 Å². The molecule has 1 heteroatoms. The maximum atomic E-state index is 9.49. The van der Waals surface area contributed by atoms with Crippen molar-refractivity contribution in [2.24, 2.45) is 0 Å². The molecule has 0 spiro atoms. The first-order valence-electron chi connectivity index (χ1n) is 5.75. The summed E-state index contributed by atoms with van der Waals surface area (Å²) in [6, 6.07) is 8.48. The Morgan fingerprint density at radius 2 is 1.87 bits per heavy atom. The summed E-state index contributed by atoms with van der Waals surface area (Å²) in [4.78, 5) is 0. The summed E-state index contributed by atoms with van der Waals surface area (Å²) in [7, 11) is 0. The number of allylic oxidation sites excluding steroid dienone is 1. The second-order valence-electron chi connectivity index (χ2n) is 4.03. The van der Waals surface area contributed by atoms with Crippen LogP contribution in [0.25, 0.3) is 5.57 Å². The van der Waals surface area contributed by atoms with Crippen LogP contribution in [0, 0.1) is 0 Å². The number of hydrogen-bond donors (Lipinski definition) is 1. The molecule has 15 heavy (non-hydrogen) atoms. The van der Waals surface area contributed by atoms with Crippen LogP contribution in [-0.4, -0.2) is 11.7 Å². The fraction of sp³-hybridized carbons (Fsp3) is 0.429. The molecule has 0 radical (unpaired) electrons. The summed E-state index contributed by atoms with van der Waals surface area (Å²) in [5.41, 5.74) is 5.55. The first kappa shape index (κ1) is 10.4. The van der Waals surface area contributed by atoms with Crippen molar-refractivity contribution in [1.29, 1.82) is 0 Å². The van der Waals surface area contributed by atoms with E-state index in [1.165, 1.54) is 22.3 Å². The SMILES string of the molecule is CCC1=C(CC)C(CO)c2ccccc21. The Kier molecular flexibility index (Phi) is 2.92. The smallest absolute Gasteiger partial charge is 0.0537 e. The van der Waals surface area contributed by atoms with Gasteiger partial charge in [-0.2, -0.15) is 0 Å². The Hall–Kier alpha value is -1.08. The Labute approximate surface area is 91.4 Å². The van der Waals surface area contributed by atoms with Gasteiger partial charge in [0.15, 0.2) is 0 Å². The summed E-state index contributed by atoms with van der Waals surface area (Å²) >= 11 is 0. The van der Waals surface area contributed by atoms with Crippen LogP contribution < -0.4 is 0 Å². The third kappa shape index (κ3) is 1.51. The first-order valence-corrected chi connectivity index (χ1v) is 5.75. The second kappa shape index (κ2) is 4.19. The lowest BCUT2D eigenvalue weighted by Gasteiger charge is -2.12. The molecule has 1 aromatic rings. The van der Waals surface area contributed by atoms with E-state index in [1.54, 1.807) is 0 Å². The zero-order valence-corrected chi connectivity index (χ0v) is 9.46. The third-order valence-corrected chi connectivity index (χ3v) is 3.39. The molecule has 0 amide bonds. The van der Waals surface area contributed by atoms with Crippen LogP contribution in [0.5, 0.6) is 0 Å². The lowest BCUT2D eigenvalue weighted by Crippen LogP contribution is -2.03. The van der Waals surface area contributed by atoms with E-state index in [-0.39, 0.29) is 12.5 Å². The van der Waals surface area contributed by atoms with Gasteiger partial charge < -0.3 is 5.11 Å². The van der Waals surface area contributed by atoms with Crippen LogP contribution in [0.2, 0.25) is 0 Å². The molecule has 0 saturated heterocycles. The molecule has 1 aromatic carbocycles. The van der Waals surface area contributed by atoms with Gasteiger partial charge in [0, 0.05) is 5.92 Å². The predicted molar refractivity (Wildman–Crippen MR) is 63.8 cm³/mol. The fourth-order valence-corrected chi connectivity index (χ4v) is 2.73. The van der Waals surface area contributed by atoms with Gasteiger partial charge in [-0.1, -0.05) is 43.7 Å². The third-order valence-electron chi connectivity index (χ3n) is 3.39. The van der Waals surface area contributed by atoms with Crippen molar-refractivity contribution in [3.8, 4) is 0 Å². The Balaban J connectivity index is 2.56. The molecule has 0 fully saturated rings. The highest BCUT2D eigenvalue weighted by Crippen LogP contribution is 2.44. The quantitative estimate of drug-likeness (QED) is 0.797. The van der Waals surface area contributed by atoms with Crippen molar-refractivity contribution in [2.75, 3.05) is 6.61 Å². The molecule has 2 rings (SSSR count). The molecule has 1 aliphatic carbocycles. The van der Waals surface area contributed by atoms with E-state index in [0.717, 1.165) is 12.8 Å². The minimum absolute atomic E-state index is 0.240. The number of fused-ring (bicyclic) bond motifs is 1. The van der Waals surface area contributed by atoms with E-state index < -0.39 is 0 Å². The number of hydrogen-bond acceptors (Lipinski definition) is 1. The number of aliphatic hydroxyl groups is 1. The topological polar surface area (TPSA) is 20.2 Å². The van der Waals surface area contributed by atoms with Crippen molar-refractivity contribution in [3.63, 3.8) is 0 Å². The molecule has 1 nitrogen and oxygen atoms in total. The van der Waals surface area contributed by atoms with Gasteiger partial charge in [-0.05, 0) is 29.5 Å². The molecule has 0 aromatic heterocycles. The largest absolute Gasteiger partial charge is 0.395 e. The highest BCUT2D eigenvalue weighted by Gasteiger charge is 2.27. The molecule has 1 N–H and O–H groups in total. The Morgan fingerprint density at radius 3 is 2.47 bits per heavy atom. The van der Waals surface area contributed by atoms with E-state index in [2.05, 4.69) is 38.1 Å². The number of benzene rings is 1. The zero-order valence-electron chi connectivity index (χ0n) is 9.46. The molecule has 0 bridgehead atoms. The van der Waals surface area contributed by atoms with Crippen LogP contribution in [0.4, 0.5) is 0 Å². The minimum Gasteiger partial charge on any atom is -0.395 e. The summed E-state index contributed by atoms with van der Waals surface area (Å²) in [5.74, 6) is 0.251. The summed E-state index contributed by atoms with van der Waals surface area (Å²) in [5, 5.41) is 9.49. The minimum atomic E-state index is 0.240. The van der Waals surface area contributed by atoms with Crippen LogP contribution in [-0.2, 0) is 0 Å². The lowest BCUT2D eigenvalue weighted by atomic mass is 9.95. The van der Waals surface area contributed by atoms with Crippen LogP contribution in [0.15, 0.2) is 29.8 Å². The molecule has 1 aliphatic rings. The van der Waals surface area contributed by atoms with E-state index in [1.807, 2.05) is 0 Å². The first-order chi connectivity index (χ1) is 7.33. The van der Waals surface area contributed by atoms with Gasteiger partial charge >= 0.3 is 0 Å². The molecular weight excluding hydrogens is 184 g/mol. The number of rotatable bonds is 3. The molecule has 0 saturated carbocycles. The maximum Gasteiger partial charge on any atom is 0.0537 e. The Bertz CT molecular complexity index is 390. The van der Waals surface area contributed by atoms with Gasteiger partial charge in [-0.3, -0.25) is 0 Å². The highest BCUT2D eigenvalue weighted by molar-refractivity contribution is 5.78. The molecule has 0 heterocycles. The Morgan fingerprint density at radius 1 is 1.13 bits per heavy atom. The van der Waals surface area contributed by atoms with Crippen LogP contribution >= 0.6 is 0 Å². The zero-order chi connectivity index (χ0) is 10.8. The summed E-state index contributed by atoms with van der Waals surface area (Å²) < 4.78 is 0. The van der Waals surface area contributed by atoms with Crippen molar-refractivity contribution >= 4 is 5.57 Å².